The number of hydrogen-bond donors (Lipinski definition) is 0. The normalized spacial score (nSPS) is 10.4. The molecule has 0 atom stereocenters. The molecular weight excluding hydrogens is 206 g/mol. The molecule has 0 bridgehead atoms. The van der Waals surface area contributed by atoms with E-state index in [9.17, 15) is 4.79 Å². The van der Waals surface area contributed by atoms with Gasteiger partial charge in [-0.15, -0.1) is 0 Å². The summed E-state index contributed by atoms with van der Waals surface area (Å²) in [6.07, 6.45) is 0. The molecule has 1 aromatic carbocycles. The predicted molar refractivity (Wildman–Crippen MR) is 60.5 cm³/mol. The van der Waals surface area contributed by atoms with Gasteiger partial charge in [-0.1, -0.05) is 0 Å². The van der Waals surface area contributed by atoms with Gasteiger partial charge in [0.2, 0.25) is 0 Å². The molecule has 4 heteroatoms. The lowest BCUT2D eigenvalue weighted by Gasteiger charge is -2.05. The maximum atomic E-state index is 11.4. The van der Waals surface area contributed by atoms with Gasteiger partial charge in [-0.3, -0.25) is 0 Å². The van der Waals surface area contributed by atoms with Crippen LogP contribution in [-0.2, 0) is 4.74 Å². The summed E-state index contributed by atoms with van der Waals surface area (Å²) in [5.74, 6) is -0.329. The highest BCUT2D eigenvalue weighted by Gasteiger charge is 2.10. The third-order valence-electron chi connectivity index (χ3n) is 2.53. The summed E-state index contributed by atoms with van der Waals surface area (Å²) in [6, 6.07) is 7.33. The van der Waals surface area contributed by atoms with Crippen LogP contribution in [0.25, 0.3) is 10.9 Å². The zero-order valence-electron chi connectivity index (χ0n) is 9.48. The van der Waals surface area contributed by atoms with Gasteiger partial charge in [-0.25, -0.2) is 4.79 Å². The fourth-order valence-electron chi connectivity index (χ4n) is 1.82. The molecule has 1 heterocycles. The van der Waals surface area contributed by atoms with Crippen LogP contribution in [0, 0.1) is 6.92 Å². The van der Waals surface area contributed by atoms with Crippen LogP contribution in [0.4, 0.5) is 0 Å². The summed E-state index contributed by atoms with van der Waals surface area (Å²) in [4.78, 5) is 16.6. The van der Waals surface area contributed by atoms with Crippen LogP contribution in [0.15, 0.2) is 24.3 Å². The zero-order valence-corrected chi connectivity index (χ0v) is 9.48. The number of aromatic nitrogens is 1. The van der Waals surface area contributed by atoms with E-state index in [1.165, 1.54) is 7.11 Å². The van der Waals surface area contributed by atoms with Crippen molar-refractivity contribution in [3.8, 4) is 0 Å². The van der Waals surface area contributed by atoms with Crippen molar-refractivity contribution in [2.24, 2.45) is 0 Å². The summed E-state index contributed by atoms with van der Waals surface area (Å²) in [5.41, 5.74) is 2.47. The number of carbonyl (C=O) groups excluding carboxylic acids is 1. The van der Waals surface area contributed by atoms with Crippen LogP contribution in [0.5, 0.6) is 0 Å². The van der Waals surface area contributed by atoms with Gasteiger partial charge in [0, 0.05) is 5.39 Å². The summed E-state index contributed by atoms with van der Waals surface area (Å²) in [6.45, 7) is 1.95. The number of ether oxygens (including phenoxy) is 1. The first-order chi connectivity index (χ1) is 7.67. The number of benzene rings is 1. The minimum Gasteiger partial charge on any atom is -0.465 e. The van der Waals surface area contributed by atoms with Crippen molar-refractivity contribution < 1.29 is 14.4 Å². The van der Waals surface area contributed by atoms with E-state index in [2.05, 4.69) is 4.74 Å². The quantitative estimate of drug-likeness (QED) is 0.723. The minimum atomic E-state index is -0.329. The van der Waals surface area contributed by atoms with Gasteiger partial charge in [0.15, 0.2) is 0 Å². The average molecular weight is 219 g/mol. The van der Waals surface area contributed by atoms with Crippen molar-refractivity contribution in [3.63, 3.8) is 0 Å². The number of nitrogens with zero attached hydrogens (tertiary/aromatic N) is 1. The fourth-order valence-corrected chi connectivity index (χ4v) is 1.82. The molecule has 0 radical (unpaired) electrons. The molecule has 0 N–H and O–H groups in total. The molecule has 2 rings (SSSR count). The van der Waals surface area contributed by atoms with Gasteiger partial charge in [0.25, 0.3) is 0 Å². The SMILES string of the molecule is COC(=O)c1ccc2c(c1)cc(C)n2OC. The second kappa shape index (κ2) is 3.89. The third kappa shape index (κ3) is 1.52. The molecule has 84 valence electrons. The van der Waals surface area contributed by atoms with Gasteiger partial charge >= 0.3 is 5.97 Å². The lowest BCUT2D eigenvalue weighted by atomic mass is 10.1. The maximum Gasteiger partial charge on any atom is 0.337 e. The standard InChI is InChI=1S/C12H13NO3/c1-8-6-10-7-9(12(14)15-2)4-5-11(10)13(8)16-3/h4-7H,1-3H3. The Hall–Kier alpha value is -1.97. The second-order valence-electron chi connectivity index (χ2n) is 3.53. The van der Waals surface area contributed by atoms with Crippen molar-refractivity contribution in [1.29, 1.82) is 0 Å². The largest absolute Gasteiger partial charge is 0.465 e. The molecule has 1 aromatic heterocycles. The lowest BCUT2D eigenvalue weighted by molar-refractivity contribution is 0.0601. The lowest BCUT2D eigenvalue weighted by Crippen LogP contribution is -2.06. The molecule has 4 nitrogen and oxygen atoms in total. The van der Waals surface area contributed by atoms with Crippen LogP contribution < -0.4 is 4.84 Å². The highest BCUT2D eigenvalue weighted by molar-refractivity contribution is 5.94. The number of methoxy groups -OCH3 is 1. The number of fused-ring (bicyclic) bond motifs is 1. The molecule has 0 fully saturated rings. The van der Waals surface area contributed by atoms with E-state index in [1.54, 1.807) is 24.0 Å². The van der Waals surface area contributed by atoms with Crippen molar-refractivity contribution in [3.05, 3.63) is 35.5 Å². The highest BCUT2D eigenvalue weighted by atomic mass is 16.6. The van der Waals surface area contributed by atoms with E-state index in [-0.39, 0.29) is 5.97 Å². The van der Waals surface area contributed by atoms with Gasteiger partial charge in [-0.2, -0.15) is 4.73 Å². The van der Waals surface area contributed by atoms with Crippen molar-refractivity contribution in [2.75, 3.05) is 14.2 Å². The summed E-state index contributed by atoms with van der Waals surface area (Å²) in [7, 11) is 2.98. The monoisotopic (exact) mass is 219 g/mol. The van der Waals surface area contributed by atoms with E-state index in [4.69, 9.17) is 4.84 Å². The molecule has 0 aliphatic heterocycles. The van der Waals surface area contributed by atoms with Crippen LogP contribution in [-0.4, -0.2) is 24.9 Å². The third-order valence-corrected chi connectivity index (χ3v) is 2.53. The van der Waals surface area contributed by atoms with E-state index in [1.807, 2.05) is 19.1 Å². The minimum absolute atomic E-state index is 0.329. The molecule has 0 spiro atoms. The Labute approximate surface area is 93.3 Å². The van der Waals surface area contributed by atoms with E-state index >= 15 is 0 Å². The summed E-state index contributed by atoms with van der Waals surface area (Å²) >= 11 is 0. The topological polar surface area (TPSA) is 40.5 Å². The Bertz CT molecular complexity index is 542. The second-order valence-corrected chi connectivity index (χ2v) is 3.53. The predicted octanol–water partition coefficient (Wildman–Crippen LogP) is 1.79. The number of rotatable bonds is 2. The van der Waals surface area contributed by atoms with Gasteiger partial charge in [0.05, 0.1) is 23.9 Å². The van der Waals surface area contributed by atoms with E-state index < -0.39 is 0 Å². The Morgan fingerprint density at radius 3 is 2.62 bits per heavy atom. The zero-order chi connectivity index (χ0) is 11.7. The van der Waals surface area contributed by atoms with Gasteiger partial charge in [-0.05, 0) is 31.2 Å². The van der Waals surface area contributed by atoms with Crippen molar-refractivity contribution in [1.82, 2.24) is 4.73 Å². The number of aryl methyl sites for hydroxylation is 1. The van der Waals surface area contributed by atoms with Crippen molar-refractivity contribution in [2.45, 2.75) is 6.92 Å². The molecule has 0 aliphatic carbocycles. The molecule has 0 unspecified atom stereocenters. The van der Waals surface area contributed by atoms with Crippen LogP contribution in [0.2, 0.25) is 0 Å². The number of esters is 1. The molecule has 2 aromatic rings. The van der Waals surface area contributed by atoms with Gasteiger partial charge < -0.3 is 9.57 Å². The molecule has 16 heavy (non-hydrogen) atoms. The first-order valence-corrected chi connectivity index (χ1v) is 4.92. The fraction of sp³-hybridized carbons (Fsp3) is 0.250. The van der Waals surface area contributed by atoms with Crippen LogP contribution >= 0.6 is 0 Å². The molecule has 0 amide bonds. The summed E-state index contributed by atoms with van der Waals surface area (Å²) < 4.78 is 6.39. The Morgan fingerprint density at radius 1 is 1.25 bits per heavy atom. The van der Waals surface area contributed by atoms with Gasteiger partial charge in [0.1, 0.15) is 7.11 Å². The van der Waals surface area contributed by atoms with Crippen molar-refractivity contribution >= 4 is 16.9 Å². The average Bonchev–Trinajstić information content (AvgIpc) is 2.62. The van der Waals surface area contributed by atoms with E-state index in [0.717, 1.165) is 16.6 Å². The Kier molecular flexibility index (Phi) is 2.56. The molecular formula is C12H13NO3. The first kappa shape index (κ1) is 10.5. The first-order valence-electron chi connectivity index (χ1n) is 4.92. The maximum absolute atomic E-state index is 11.4. The summed E-state index contributed by atoms with van der Waals surface area (Å²) in [5, 5.41) is 0.960. The number of carbonyl (C=O) groups is 1. The van der Waals surface area contributed by atoms with Crippen LogP contribution in [0.3, 0.4) is 0 Å². The smallest absolute Gasteiger partial charge is 0.337 e. The molecule has 0 aliphatic rings. The Balaban J connectivity index is 2.60. The highest BCUT2D eigenvalue weighted by Crippen LogP contribution is 2.20. The number of hydrogen-bond acceptors (Lipinski definition) is 3. The molecule has 0 saturated heterocycles. The van der Waals surface area contributed by atoms with E-state index in [0.29, 0.717) is 5.56 Å². The molecule has 0 saturated carbocycles. The Morgan fingerprint density at radius 2 is 2.00 bits per heavy atom. The van der Waals surface area contributed by atoms with Crippen LogP contribution in [0.1, 0.15) is 16.1 Å².